The third-order valence-electron chi connectivity index (χ3n) is 3.35. The molecule has 0 aliphatic carbocycles. The summed E-state index contributed by atoms with van der Waals surface area (Å²) >= 11 is 1.62. The quantitative estimate of drug-likeness (QED) is 0.526. The lowest BCUT2D eigenvalue weighted by atomic mass is 10.1. The summed E-state index contributed by atoms with van der Waals surface area (Å²) in [4.78, 5) is 9.04. The number of furan rings is 1. The second-order valence-corrected chi connectivity index (χ2v) is 5.67. The third kappa shape index (κ3) is 2.44. The molecule has 0 N–H and O–H groups in total. The maximum absolute atomic E-state index is 5.46. The van der Waals surface area contributed by atoms with Gasteiger partial charge < -0.3 is 4.42 Å². The summed E-state index contributed by atoms with van der Waals surface area (Å²) in [5.41, 5.74) is 3.94. The highest BCUT2D eigenvalue weighted by atomic mass is 32.1. The van der Waals surface area contributed by atoms with E-state index in [1.54, 1.807) is 23.8 Å². The predicted octanol–water partition coefficient (Wildman–Crippen LogP) is 5.13. The minimum atomic E-state index is 0.864. The van der Waals surface area contributed by atoms with E-state index in [4.69, 9.17) is 9.40 Å². The van der Waals surface area contributed by atoms with Gasteiger partial charge in [-0.3, -0.25) is 4.98 Å². The average Bonchev–Trinajstić information content (AvgIpc) is 3.28. The fraction of sp³-hybridized carbons (Fsp3) is 0. The van der Waals surface area contributed by atoms with Crippen LogP contribution in [0.5, 0.6) is 0 Å². The Kier molecular flexibility index (Phi) is 3.29. The van der Waals surface area contributed by atoms with Crippen LogP contribution in [0.4, 0.5) is 0 Å². The molecule has 0 unspecified atom stereocenters. The van der Waals surface area contributed by atoms with Crippen LogP contribution in [0.3, 0.4) is 0 Å². The first-order chi connectivity index (χ1) is 10.9. The Morgan fingerprint density at radius 2 is 1.82 bits per heavy atom. The van der Waals surface area contributed by atoms with Crippen molar-refractivity contribution in [3.05, 3.63) is 72.4 Å². The fourth-order valence-electron chi connectivity index (χ4n) is 2.29. The molecule has 1 aromatic carbocycles. The van der Waals surface area contributed by atoms with Crippen LogP contribution >= 0.6 is 11.3 Å². The van der Waals surface area contributed by atoms with Crippen molar-refractivity contribution < 1.29 is 4.42 Å². The molecule has 0 bridgehead atoms. The molecule has 0 amide bonds. The second kappa shape index (κ2) is 5.58. The van der Waals surface area contributed by atoms with Crippen molar-refractivity contribution in [2.24, 2.45) is 0 Å². The van der Waals surface area contributed by atoms with Crippen LogP contribution in [-0.2, 0) is 0 Å². The van der Waals surface area contributed by atoms with Gasteiger partial charge in [0.15, 0.2) is 0 Å². The number of rotatable bonds is 3. The van der Waals surface area contributed by atoms with Gasteiger partial charge in [-0.15, -0.1) is 11.3 Å². The first-order valence-electron chi connectivity index (χ1n) is 6.91. The van der Waals surface area contributed by atoms with Crippen LogP contribution in [0.25, 0.3) is 33.3 Å². The molecule has 4 aromatic rings. The molecule has 0 fully saturated rings. The van der Waals surface area contributed by atoms with Crippen molar-refractivity contribution in [3.8, 4) is 33.3 Å². The molecule has 0 aliphatic rings. The zero-order valence-corrected chi connectivity index (χ0v) is 12.5. The van der Waals surface area contributed by atoms with Gasteiger partial charge in [0.1, 0.15) is 16.5 Å². The second-order valence-electron chi connectivity index (χ2n) is 4.81. The molecule has 4 heteroatoms. The van der Waals surface area contributed by atoms with Crippen molar-refractivity contribution >= 4 is 11.3 Å². The molecule has 0 saturated carbocycles. The standard InChI is InChI=1S/C18H12N2OS/c1-2-9-19-15(7-1)16-12-22-18(20-16)14-6-3-5-13(11-14)17-8-4-10-21-17/h1-12H. The van der Waals surface area contributed by atoms with Gasteiger partial charge in [-0.05, 0) is 30.3 Å². The van der Waals surface area contributed by atoms with E-state index in [-0.39, 0.29) is 0 Å². The van der Waals surface area contributed by atoms with Crippen LogP contribution in [-0.4, -0.2) is 9.97 Å². The molecule has 22 heavy (non-hydrogen) atoms. The van der Waals surface area contributed by atoms with E-state index in [9.17, 15) is 0 Å². The molecular formula is C18H12N2OS. The van der Waals surface area contributed by atoms with E-state index in [0.29, 0.717) is 0 Å². The lowest BCUT2D eigenvalue weighted by molar-refractivity contribution is 0.582. The molecule has 0 saturated heterocycles. The highest BCUT2D eigenvalue weighted by Crippen LogP contribution is 2.30. The summed E-state index contributed by atoms with van der Waals surface area (Å²) in [7, 11) is 0. The molecule has 3 aromatic heterocycles. The summed E-state index contributed by atoms with van der Waals surface area (Å²) in [5.74, 6) is 0.864. The van der Waals surface area contributed by atoms with Gasteiger partial charge in [0, 0.05) is 22.7 Å². The highest BCUT2D eigenvalue weighted by molar-refractivity contribution is 7.13. The molecule has 0 spiro atoms. The van der Waals surface area contributed by atoms with Crippen molar-refractivity contribution in [2.75, 3.05) is 0 Å². The normalized spacial score (nSPS) is 10.7. The summed E-state index contributed by atoms with van der Waals surface area (Å²) < 4.78 is 5.46. The topological polar surface area (TPSA) is 38.9 Å². The van der Waals surface area contributed by atoms with E-state index in [0.717, 1.165) is 33.3 Å². The monoisotopic (exact) mass is 304 g/mol. The maximum atomic E-state index is 5.46. The summed E-state index contributed by atoms with van der Waals surface area (Å²) in [5, 5.41) is 3.02. The summed E-state index contributed by atoms with van der Waals surface area (Å²) in [6.45, 7) is 0. The fourth-order valence-corrected chi connectivity index (χ4v) is 3.10. The predicted molar refractivity (Wildman–Crippen MR) is 88.5 cm³/mol. The van der Waals surface area contributed by atoms with Crippen molar-refractivity contribution in [1.29, 1.82) is 0 Å². The maximum Gasteiger partial charge on any atom is 0.133 e. The summed E-state index contributed by atoms with van der Waals surface area (Å²) in [6, 6.07) is 17.9. The Labute approximate surface area is 131 Å². The highest BCUT2D eigenvalue weighted by Gasteiger charge is 2.09. The minimum absolute atomic E-state index is 0.864. The van der Waals surface area contributed by atoms with Crippen LogP contribution in [0.15, 0.2) is 76.9 Å². The Morgan fingerprint density at radius 1 is 0.864 bits per heavy atom. The van der Waals surface area contributed by atoms with E-state index in [2.05, 4.69) is 17.1 Å². The van der Waals surface area contributed by atoms with Gasteiger partial charge in [-0.1, -0.05) is 24.3 Å². The van der Waals surface area contributed by atoms with E-state index >= 15 is 0 Å². The van der Waals surface area contributed by atoms with Gasteiger partial charge in [0.05, 0.1) is 12.0 Å². The van der Waals surface area contributed by atoms with Crippen LogP contribution < -0.4 is 0 Å². The van der Waals surface area contributed by atoms with E-state index in [1.165, 1.54) is 0 Å². The lowest BCUT2D eigenvalue weighted by Crippen LogP contribution is -1.83. The van der Waals surface area contributed by atoms with E-state index < -0.39 is 0 Å². The smallest absolute Gasteiger partial charge is 0.133 e. The van der Waals surface area contributed by atoms with Gasteiger partial charge in [-0.25, -0.2) is 4.98 Å². The zero-order valence-electron chi connectivity index (χ0n) is 11.6. The lowest BCUT2D eigenvalue weighted by Gasteiger charge is -2.00. The van der Waals surface area contributed by atoms with Crippen molar-refractivity contribution in [1.82, 2.24) is 9.97 Å². The minimum Gasteiger partial charge on any atom is -0.464 e. The zero-order chi connectivity index (χ0) is 14.8. The molecule has 0 atom stereocenters. The number of hydrogen-bond acceptors (Lipinski definition) is 4. The molecule has 3 heterocycles. The third-order valence-corrected chi connectivity index (χ3v) is 4.24. The molecule has 4 rings (SSSR count). The Hall–Kier alpha value is -2.72. The molecule has 0 aliphatic heterocycles. The molecule has 106 valence electrons. The number of pyridine rings is 1. The number of aromatic nitrogens is 2. The van der Waals surface area contributed by atoms with Gasteiger partial charge in [0.25, 0.3) is 0 Å². The van der Waals surface area contributed by atoms with Crippen molar-refractivity contribution in [3.63, 3.8) is 0 Å². The van der Waals surface area contributed by atoms with Crippen LogP contribution in [0.2, 0.25) is 0 Å². The van der Waals surface area contributed by atoms with Gasteiger partial charge in [0.2, 0.25) is 0 Å². The number of thiazole rings is 1. The average molecular weight is 304 g/mol. The number of hydrogen-bond donors (Lipinski definition) is 0. The molecular weight excluding hydrogens is 292 g/mol. The molecule has 3 nitrogen and oxygen atoms in total. The first-order valence-corrected chi connectivity index (χ1v) is 7.79. The Balaban J connectivity index is 1.71. The van der Waals surface area contributed by atoms with Gasteiger partial charge in [-0.2, -0.15) is 0 Å². The summed E-state index contributed by atoms with van der Waals surface area (Å²) in [6.07, 6.45) is 3.47. The molecule has 0 radical (unpaired) electrons. The SMILES string of the molecule is c1ccc(-c2csc(-c3cccc(-c4ccco4)c3)n2)nc1. The van der Waals surface area contributed by atoms with Crippen LogP contribution in [0, 0.1) is 0 Å². The van der Waals surface area contributed by atoms with Crippen LogP contribution in [0.1, 0.15) is 0 Å². The number of benzene rings is 1. The Bertz CT molecular complexity index is 882. The largest absolute Gasteiger partial charge is 0.464 e. The number of nitrogens with zero attached hydrogens (tertiary/aromatic N) is 2. The van der Waals surface area contributed by atoms with E-state index in [1.807, 2.05) is 47.8 Å². The van der Waals surface area contributed by atoms with Crippen molar-refractivity contribution in [2.45, 2.75) is 0 Å². The first kappa shape index (κ1) is 13.0. The Morgan fingerprint density at radius 3 is 2.64 bits per heavy atom. The van der Waals surface area contributed by atoms with Gasteiger partial charge >= 0.3 is 0 Å².